The fraction of sp³-hybridized carbons (Fsp3) is 1.00. The first-order valence-electron chi connectivity index (χ1n) is 3.38. The third-order valence-electron chi connectivity index (χ3n) is 1.47. The van der Waals surface area contributed by atoms with E-state index in [1.165, 1.54) is 0 Å². The molecule has 0 fully saturated rings. The molecule has 0 aliphatic heterocycles. The molecule has 0 radical (unpaired) electrons. The second kappa shape index (κ2) is 5.65. The maximum atomic E-state index is 5.09. The van der Waals surface area contributed by atoms with Crippen molar-refractivity contribution in [2.45, 2.75) is 25.7 Å². The van der Waals surface area contributed by atoms with Crippen LogP contribution in [0, 0.1) is 0 Å². The van der Waals surface area contributed by atoms with Gasteiger partial charge in [-0.2, -0.15) is 0 Å². The predicted octanol–water partition coefficient (Wildman–Crippen LogP) is 1.03. The molecular formula is C7H16O3. The van der Waals surface area contributed by atoms with Crippen LogP contribution < -0.4 is 0 Å². The number of rotatable bonds is 5. The minimum Gasteiger partial charge on any atom is -0.376 e. The lowest BCUT2D eigenvalue weighted by Gasteiger charge is -2.21. The number of ether oxygens (including phenoxy) is 3. The molecular weight excluding hydrogens is 132 g/mol. The van der Waals surface area contributed by atoms with Gasteiger partial charge >= 0.3 is 0 Å². The van der Waals surface area contributed by atoms with Gasteiger partial charge in [0.05, 0.1) is 0 Å². The normalized spacial score (nSPS) is 14.1. The highest BCUT2D eigenvalue weighted by Gasteiger charge is 2.17. The number of hydrogen-bond donors (Lipinski definition) is 0. The summed E-state index contributed by atoms with van der Waals surface area (Å²) >= 11 is 0. The summed E-state index contributed by atoms with van der Waals surface area (Å²) in [6.45, 7) is 2.03. The van der Waals surface area contributed by atoms with E-state index >= 15 is 0 Å². The molecule has 0 rings (SSSR count). The molecule has 0 heterocycles. The molecule has 0 aliphatic carbocycles. The van der Waals surface area contributed by atoms with E-state index in [4.69, 9.17) is 14.2 Å². The van der Waals surface area contributed by atoms with Crippen molar-refractivity contribution in [1.82, 2.24) is 0 Å². The van der Waals surface area contributed by atoms with Crippen molar-refractivity contribution >= 4 is 0 Å². The van der Waals surface area contributed by atoms with Gasteiger partial charge in [0.15, 0.2) is 6.29 Å². The molecule has 0 aromatic heterocycles. The second-order valence-corrected chi connectivity index (χ2v) is 2.02. The average molecular weight is 148 g/mol. The van der Waals surface area contributed by atoms with Gasteiger partial charge in [0.25, 0.3) is 0 Å². The molecule has 0 aromatic rings. The van der Waals surface area contributed by atoms with Gasteiger partial charge in [0.1, 0.15) is 6.10 Å². The smallest absolute Gasteiger partial charge is 0.182 e. The lowest BCUT2D eigenvalue weighted by atomic mass is 10.3. The summed E-state index contributed by atoms with van der Waals surface area (Å²) in [6.07, 6.45) is 0.688. The van der Waals surface area contributed by atoms with Crippen LogP contribution in [0.25, 0.3) is 0 Å². The zero-order valence-corrected chi connectivity index (χ0v) is 7.09. The molecule has 1 atom stereocenters. The number of hydrogen-bond acceptors (Lipinski definition) is 3. The summed E-state index contributed by atoms with van der Waals surface area (Å²) in [5, 5.41) is 0. The molecule has 0 spiro atoms. The Morgan fingerprint density at radius 3 is 1.60 bits per heavy atom. The first-order valence-corrected chi connectivity index (χ1v) is 3.38. The van der Waals surface area contributed by atoms with Crippen LogP contribution in [-0.2, 0) is 14.2 Å². The van der Waals surface area contributed by atoms with Crippen molar-refractivity contribution in [3.8, 4) is 0 Å². The third-order valence-corrected chi connectivity index (χ3v) is 1.47. The van der Waals surface area contributed by atoms with Gasteiger partial charge in [-0.15, -0.1) is 0 Å². The zero-order chi connectivity index (χ0) is 7.98. The summed E-state index contributed by atoms with van der Waals surface area (Å²) in [6, 6.07) is 0. The summed E-state index contributed by atoms with van der Waals surface area (Å²) < 4.78 is 15.1. The molecule has 3 heteroatoms. The first-order chi connectivity index (χ1) is 4.79. The van der Waals surface area contributed by atoms with Gasteiger partial charge in [-0.3, -0.25) is 0 Å². The van der Waals surface area contributed by atoms with Crippen molar-refractivity contribution in [3.05, 3.63) is 0 Å². The Morgan fingerprint density at radius 1 is 1.00 bits per heavy atom. The van der Waals surface area contributed by atoms with E-state index in [0.29, 0.717) is 0 Å². The molecule has 1 unspecified atom stereocenters. The Labute approximate surface area is 62.3 Å². The highest BCUT2D eigenvalue weighted by atomic mass is 16.7. The molecule has 0 aromatic carbocycles. The SMILES string of the molecule is CCC(OC)C(OC)OC. The maximum Gasteiger partial charge on any atom is 0.182 e. The summed E-state index contributed by atoms with van der Waals surface area (Å²) in [5.74, 6) is 0. The molecule has 0 N–H and O–H groups in total. The number of methoxy groups -OCH3 is 3. The Bertz CT molecular complexity index is 57.3. The molecule has 3 nitrogen and oxygen atoms in total. The topological polar surface area (TPSA) is 27.7 Å². The largest absolute Gasteiger partial charge is 0.376 e. The second-order valence-electron chi connectivity index (χ2n) is 2.02. The van der Waals surface area contributed by atoms with Crippen LogP contribution >= 0.6 is 0 Å². The Kier molecular flexibility index (Phi) is 5.58. The van der Waals surface area contributed by atoms with Crippen LogP contribution in [0.2, 0.25) is 0 Å². The third kappa shape index (κ3) is 2.64. The lowest BCUT2D eigenvalue weighted by Crippen LogP contribution is -2.30. The van der Waals surface area contributed by atoms with E-state index in [9.17, 15) is 0 Å². The predicted molar refractivity (Wildman–Crippen MR) is 38.9 cm³/mol. The molecule has 0 saturated heterocycles. The molecule has 0 aliphatic rings. The van der Waals surface area contributed by atoms with Crippen LogP contribution in [0.1, 0.15) is 13.3 Å². The summed E-state index contributed by atoms with van der Waals surface area (Å²) in [5.41, 5.74) is 0. The van der Waals surface area contributed by atoms with Crippen LogP contribution in [0.15, 0.2) is 0 Å². The minimum absolute atomic E-state index is 0.0370. The highest BCUT2D eigenvalue weighted by molar-refractivity contribution is 4.57. The zero-order valence-electron chi connectivity index (χ0n) is 7.09. The van der Waals surface area contributed by atoms with E-state index in [2.05, 4.69) is 0 Å². The fourth-order valence-electron chi connectivity index (χ4n) is 0.870. The minimum atomic E-state index is -0.241. The van der Waals surface area contributed by atoms with Crippen molar-refractivity contribution in [1.29, 1.82) is 0 Å². The van der Waals surface area contributed by atoms with Gasteiger partial charge in [-0.25, -0.2) is 0 Å². The standard InChI is InChI=1S/C7H16O3/c1-5-6(8-2)7(9-3)10-4/h6-7H,5H2,1-4H3. The van der Waals surface area contributed by atoms with Crippen molar-refractivity contribution < 1.29 is 14.2 Å². The maximum absolute atomic E-state index is 5.09. The van der Waals surface area contributed by atoms with Gasteiger partial charge in [0, 0.05) is 21.3 Å². The van der Waals surface area contributed by atoms with E-state index in [1.807, 2.05) is 6.92 Å². The summed E-state index contributed by atoms with van der Waals surface area (Å²) in [4.78, 5) is 0. The Balaban J connectivity index is 3.70. The Hall–Kier alpha value is -0.120. The first kappa shape index (κ1) is 9.88. The highest BCUT2D eigenvalue weighted by Crippen LogP contribution is 2.06. The lowest BCUT2D eigenvalue weighted by molar-refractivity contribution is -0.173. The van der Waals surface area contributed by atoms with E-state index < -0.39 is 0 Å². The summed E-state index contributed by atoms with van der Waals surface area (Å²) in [7, 11) is 4.87. The van der Waals surface area contributed by atoms with Gasteiger partial charge < -0.3 is 14.2 Å². The van der Waals surface area contributed by atoms with Gasteiger partial charge in [-0.1, -0.05) is 6.92 Å². The fourth-order valence-corrected chi connectivity index (χ4v) is 0.870. The van der Waals surface area contributed by atoms with E-state index in [1.54, 1.807) is 21.3 Å². The molecule has 0 bridgehead atoms. The molecule has 0 saturated carbocycles. The van der Waals surface area contributed by atoms with Crippen LogP contribution in [-0.4, -0.2) is 33.7 Å². The molecule has 10 heavy (non-hydrogen) atoms. The van der Waals surface area contributed by atoms with Gasteiger partial charge in [-0.05, 0) is 6.42 Å². The average Bonchev–Trinajstić information content (AvgIpc) is 2.00. The van der Waals surface area contributed by atoms with Crippen molar-refractivity contribution in [2.75, 3.05) is 21.3 Å². The van der Waals surface area contributed by atoms with E-state index in [-0.39, 0.29) is 12.4 Å². The monoisotopic (exact) mass is 148 g/mol. The molecule has 0 amide bonds. The van der Waals surface area contributed by atoms with Crippen molar-refractivity contribution in [3.63, 3.8) is 0 Å². The van der Waals surface area contributed by atoms with Crippen LogP contribution in [0.5, 0.6) is 0 Å². The van der Waals surface area contributed by atoms with Crippen LogP contribution in [0.4, 0.5) is 0 Å². The van der Waals surface area contributed by atoms with Crippen molar-refractivity contribution in [2.24, 2.45) is 0 Å². The Morgan fingerprint density at radius 2 is 1.50 bits per heavy atom. The van der Waals surface area contributed by atoms with E-state index in [0.717, 1.165) is 6.42 Å². The van der Waals surface area contributed by atoms with Gasteiger partial charge in [0.2, 0.25) is 0 Å². The van der Waals surface area contributed by atoms with Crippen LogP contribution in [0.3, 0.4) is 0 Å². The molecule has 62 valence electrons. The quantitative estimate of drug-likeness (QED) is 0.545.